The van der Waals surface area contributed by atoms with E-state index >= 15 is 0 Å². The minimum Gasteiger partial charge on any atom is -0.492 e. The highest BCUT2D eigenvalue weighted by atomic mass is 16.5. The van der Waals surface area contributed by atoms with E-state index in [-0.39, 0.29) is 11.6 Å². The van der Waals surface area contributed by atoms with Gasteiger partial charge in [0.15, 0.2) is 0 Å². The highest BCUT2D eigenvalue weighted by molar-refractivity contribution is 6.03. The van der Waals surface area contributed by atoms with E-state index in [1.165, 1.54) is 0 Å². The van der Waals surface area contributed by atoms with E-state index in [1.807, 2.05) is 37.3 Å². The zero-order valence-corrected chi connectivity index (χ0v) is 15.6. The van der Waals surface area contributed by atoms with Crippen LogP contribution in [0.25, 0.3) is 0 Å². The Morgan fingerprint density at radius 1 is 1.14 bits per heavy atom. The molecule has 1 heterocycles. The molecule has 3 rings (SSSR count). The van der Waals surface area contributed by atoms with Gasteiger partial charge in [0.25, 0.3) is 5.91 Å². The number of carbonyl (C=O) groups is 1. The molecule has 0 saturated carbocycles. The Morgan fingerprint density at radius 3 is 2.75 bits per heavy atom. The normalized spacial score (nSPS) is 10.0. The van der Waals surface area contributed by atoms with Crippen molar-refractivity contribution in [3.05, 3.63) is 71.5 Å². The second-order valence-corrected chi connectivity index (χ2v) is 5.92. The first-order chi connectivity index (χ1) is 13.6. The largest absolute Gasteiger partial charge is 0.492 e. The molecule has 0 bridgehead atoms. The number of aryl methyl sites for hydroxylation is 1. The summed E-state index contributed by atoms with van der Waals surface area (Å²) in [7, 11) is 0. The van der Waals surface area contributed by atoms with Crippen molar-refractivity contribution in [3.63, 3.8) is 0 Å². The second-order valence-electron chi connectivity index (χ2n) is 5.92. The highest BCUT2D eigenvalue weighted by Crippen LogP contribution is 2.26. The first-order valence-electron chi connectivity index (χ1n) is 8.75. The maximum absolute atomic E-state index is 12.6. The molecule has 140 valence electrons. The average molecular weight is 373 g/mol. The van der Waals surface area contributed by atoms with Crippen molar-refractivity contribution < 1.29 is 9.53 Å². The van der Waals surface area contributed by atoms with Crippen LogP contribution >= 0.6 is 0 Å². The van der Waals surface area contributed by atoms with Crippen LogP contribution in [0.2, 0.25) is 0 Å². The summed E-state index contributed by atoms with van der Waals surface area (Å²) in [5, 5.41) is 14.8. The number of nitriles is 1. The molecule has 0 saturated heterocycles. The summed E-state index contributed by atoms with van der Waals surface area (Å²) in [5.41, 5.74) is 2.56. The standard InChI is InChI=1S/C21H19N5O2/c1-3-28-19-10-5-4-9-17(19)25-21-23-14(2)11-18(26-21)20(27)24-16-8-6-7-15(12-16)13-22/h4-12H,3H2,1-2H3,(H,24,27)(H,23,25,26). The van der Waals surface area contributed by atoms with Crippen LogP contribution in [-0.2, 0) is 0 Å². The van der Waals surface area contributed by atoms with Crippen molar-refractivity contribution in [1.82, 2.24) is 9.97 Å². The Hall–Kier alpha value is -3.92. The van der Waals surface area contributed by atoms with E-state index in [0.717, 1.165) is 0 Å². The molecule has 0 fully saturated rings. The van der Waals surface area contributed by atoms with Gasteiger partial charge in [-0.2, -0.15) is 5.26 Å². The number of rotatable bonds is 6. The number of aromatic nitrogens is 2. The van der Waals surface area contributed by atoms with Gasteiger partial charge in [0, 0.05) is 11.4 Å². The summed E-state index contributed by atoms with van der Waals surface area (Å²) in [5.74, 6) is 0.583. The molecule has 7 heteroatoms. The number of para-hydroxylation sites is 2. The fourth-order valence-electron chi connectivity index (χ4n) is 2.57. The number of nitrogens with zero attached hydrogens (tertiary/aromatic N) is 3. The van der Waals surface area contributed by atoms with Gasteiger partial charge in [-0.3, -0.25) is 4.79 Å². The van der Waals surface area contributed by atoms with Gasteiger partial charge in [-0.05, 0) is 50.2 Å². The van der Waals surface area contributed by atoms with Crippen molar-refractivity contribution in [2.45, 2.75) is 13.8 Å². The van der Waals surface area contributed by atoms with Crippen LogP contribution in [0.3, 0.4) is 0 Å². The summed E-state index contributed by atoms with van der Waals surface area (Å²) in [6, 6.07) is 17.8. The van der Waals surface area contributed by atoms with Crippen molar-refractivity contribution in [3.8, 4) is 11.8 Å². The lowest BCUT2D eigenvalue weighted by Gasteiger charge is -2.12. The van der Waals surface area contributed by atoms with Crippen molar-refractivity contribution in [2.24, 2.45) is 0 Å². The molecule has 0 atom stereocenters. The maximum atomic E-state index is 12.6. The van der Waals surface area contributed by atoms with E-state index in [0.29, 0.717) is 40.9 Å². The summed E-state index contributed by atoms with van der Waals surface area (Å²) >= 11 is 0. The third-order valence-corrected chi connectivity index (χ3v) is 3.77. The minimum atomic E-state index is -0.387. The molecule has 0 aliphatic heterocycles. The average Bonchev–Trinajstić information content (AvgIpc) is 2.69. The smallest absolute Gasteiger partial charge is 0.274 e. The number of hydrogen-bond acceptors (Lipinski definition) is 6. The Kier molecular flexibility index (Phi) is 5.82. The summed E-state index contributed by atoms with van der Waals surface area (Å²) < 4.78 is 5.59. The lowest BCUT2D eigenvalue weighted by atomic mass is 10.2. The molecule has 2 aromatic carbocycles. The molecule has 0 unspecified atom stereocenters. The fraction of sp³-hybridized carbons (Fsp3) is 0.143. The molecule has 0 aliphatic carbocycles. The Morgan fingerprint density at radius 2 is 1.96 bits per heavy atom. The highest BCUT2D eigenvalue weighted by Gasteiger charge is 2.13. The lowest BCUT2D eigenvalue weighted by molar-refractivity contribution is 0.102. The van der Waals surface area contributed by atoms with Crippen molar-refractivity contribution in [2.75, 3.05) is 17.2 Å². The number of anilines is 3. The van der Waals surface area contributed by atoms with Crippen LogP contribution in [0.5, 0.6) is 5.75 Å². The first-order valence-corrected chi connectivity index (χ1v) is 8.75. The van der Waals surface area contributed by atoms with Crippen LogP contribution in [0.4, 0.5) is 17.3 Å². The molecular formula is C21H19N5O2. The fourth-order valence-corrected chi connectivity index (χ4v) is 2.57. The Balaban J connectivity index is 1.83. The van der Waals surface area contributed by atoms with Crippen LogP contribution in [0, 0.1) is 18.3 Å². The molecular weight excluding hydrogens is 354 g/mol. The maximum Gasteiger partial charge on any atom is 0.274 e. The van der Waals surface area contributed by atoms with E-state index in [9.17, 15) is 4.79 Å². The monoisotopic (exact) mass is 373 g/mol. The SMILES string of the molecule is CCOc1ccccc1Nc1nc(C)cc(C(=O)Nc2cccc(C#N)c2)n1. The third kappa shape index (κ3) is 4.62. The summed E-state index contributed by atoms with van der Waals surface area (Å²) in [4.78, 5) is 21.3. The summed E-state index contributed by atoms with van der Waals surface area (Å²) in [6.07, 6.45) is 0. The quantitative estimate of drug-likeness (QED) is 0.676. The molecule has 28 heavy (non-hydrogen) atoms. The number of amides is 1. The molecule has 1 aromatic heterocycles. The Labute approximate surface area is 163 Å². The van der Waals surface area contributed by atoms with E-state index < -0.39 is 0 Å². The molecule has 0 radical (unpaired) electrons. The number of hydrogen-bond donors (Lipinski definition) is 2. The van der Waals surface area contributed by atoms with Crippen molar-refractivity contribution >= 4 is 23.2 Å². The lowest BCUT2D eigenvalue weighted by Crippen LogP contribution is -2.15. The van der Waals surface area contributed by atoms with Gasteiger partial charge in [0.1, 0.15) is 11.4 Å². The van der Waals surface area contributed by atoms with Gasteiger partial charge >= 0.3 is 0 Å². The molecule has 0 spiro atoms. The third-order valence-electron chi connectivity index (χ3n) is 3.77. The number of ether oxygens (including phenoxy) is 1. The number of nitrogens with one attached hydrogen (secondary N) is 2. The zero-order chi connectivity index (χ0) is 19.9. The van der Waals surface area contributed by atoms with E-state index in [2.05, 4.69) is 20.6 Å². The van der Waals surface area contributed by atoms with Gasteiger partial charge in [-0.25, -0.2) is 9.97 Å². The second kappa shape index (κ2) is 8.64. The zero-order valence-electron chi connectivity index (χ0n) is 15.6. The van der Waals surface area contributed by atoms with Gasteiger partial charge in [-0.15, -0.1) is 0 Å². The van der Waals surface area contributed by atoms with Crippen LogP contribution in [0.1, 0.15) is 28.7 Å². The molecule has 3 aromatic rings. The van der Waals surface area contributed by atoms with Crippen LogP contribution < -0.4 is 15.4 Å². The number of benzene rings is 2. The topological polar surface area (TPSA) is 99.9 Å². The first kappa shape index (κ1) is 18.9. The minimum absolute atomic E-state index is 0.214. The molecule has 1 amide bonds. The van der Waals surface area contributed by atoms with Gasteiger partial charge in [0.05, 0.1) is 23.9 Å². The van der Waals surface area contributed by atoms with Crippen molar-refractivity contribution in [1.29, 1.82) is 5.26 Å². The number of carbonyl (C=O) groups excluding carboxylic acids is 1. The van der Waals surface area contributed by atoms with E-state index in [4.69, 9.17) is 10.00 Å². The molecule has 7 nitrogen and oxygen atoms in total. The van der Waals surface area contributed by atoms with E-state index in [1.54, 1.807) is 37.3 Å². The van der Waals surface area contributed by atoms with Gasteiger partial charge in [-0.1, -0.05) is 18.2 Å². The van der Waals surface area contributed by atoms with Gasteiger partial charge < -0.3 is 15.4 Å². The molecule has 0 aliphatic rings. The van der Waals surface area contributed by atoms with Gasteiger partial charge in [0.2, 0.25) is 5.95 Å². The Bertz CT molecular complexity index is 1040. The predicted molar refractivity (Wildman–Crippen MR) is 107 cm³/mol. The van der Waals surface area contributed by atoms with Crippen LogP contribution in [-0.4, -0.2) is 22.5 Å². The predicted octanol–water partition coefficient (Wildman–Crippen LogP) is 4.05. The molecule has 2 N–H and O–H groups in total. The summed E-state index contributed by atoms with van der Waals surface area (Å²) in [6.45, 7) is 4.22. The van der Waals surface area contributed by atoms with Crippen LogP contribution in [0.15, 0.2) is 54.6 Å².